The summed E-state index contributed by atoms with van der Waals surface area (Å²) in [4.78, 5) is 2.70. The van der Waals surface area contributed by atoms with Crippen LogP contribution in [-0.2, 0) is 0 Å². The van der Waals surface area contributed by atoms with E-state index in [1.807, 2.05) is 12.1 Å². The summed E-state index contributed by atoms with van der Waals surface area (Å²) in [5, 5.41) is 0.639. The lowest BCUT2D eigenvalue weighted by atomic mass is 9.85. The standard InChI is InChI=1S/C15H21ClN2S/c1-10-5-3-4-6-14(10)18(2)11-7-8-12(15(17)19)13(16)9-11/h7-10,14H,3-6H2,1-2H3,(H2,17,19). The van der Waals surface area contributed by atoms with E-state index in [0.29, 0.717) is 16.1 Å². The number of hydrogen-bond acceptors (Lipinski definition) is 2. The Morgan fingerprint density at radius 3 is 2.63 bits per heavy atom. The summed E-state index contributed by atoms with van der Waals surface area (Å²) in [5.74, 6) is 0.729. The Morgan fingerprint density at radius 1 is 1.37 bits per heavy atom. The fourth-order valence-corrected chi connectivity index (χ4v) is 3.50. The summed E-state index contributed by atoms with van der Waals surface area (Å²) >= 11 is 11.2. The van der Waals surface area contributed by atoms with Crippen molar-refractivity contribution in [3.63, 3.8) is 0 Å². The van der Waals surface area contributed by atoms with Gasteiger partial charge in [0.05, 0.1) is 5.02 Å². The molecule has 0 aliphatic heterocycles. The van der Waals surface area contributed by atoms with Gasteiger partial charge in [0, 0.05) is 24.3 Å². The van der Waals surface area contributed by atoms with Gasteiger partial charge < -0.3 is 10.6 Å². The van der Waals surface area contributed by atoms with Gasteiger partial charge in [0.15, 0.2) is 0 Å². The van der Waals surface area contributed by atoms with Crippen molar-refractivity contribution in [2.45, 2.75) is 38.6 Å². The molecule has 0 radical (unpaired) electrons. The van der Waals surface area contributed by atoms with Crippen LogP contribution < -0.4 is 10.6 Å². The zero-order valence-corrected chi connectivity index (χ0v) is 13.1. The third kappa shape index (κ3) is 3.21. The van der Waals surface area contributed by atoms with E-state index in [-0.39, 0.29) is 0 Å². The van der Waals surface area contributed by atoms with E-state index in [1.165, 1.54) is 25.7 Å². The predicted octanol–water partition coefficient (Wildman–Crippen LogP) is 3.99. The minimum Gasteiger partial charge on any atom is -0.389 e. The zero-order valence-electron chi connectivity index (χ0n) is 11.5. The van der Waals surface area contributed by atoms with E-state index in [0.717, 1.165) is 17.2 Å². The maximum atomic E-state index is 6.25. The Balaban J connectivity index is 2.21. The topological polar surface area (TPSA) is 29.3 Å². The highest BCUT2D eigenvalue weighted by molar-refractivity contribution is 7.80. The van der Waals surface area contributed by atoms with Crippen LogP contribution in [0.3, 0.4) is 0 Å². The molecular weight excluding hydrogens is 276 g/mol. The van der Waals surface area contributed by atoms with E-state index < -0.39 is 0 Å². The van der Waals surface area contributed by atoms with E-state index >= 15 is 0 Å². The number of benzene rings is 1. The van der Waals surface area contributed by atoms with Crippen molar-refractivity contribution < 1.29 is 0 Å². The first-order valence-corrected chi connectivity index (χ1v) is 7.61. The molecule has 1 aromatic carbocycles. The number of nitrogens with two attached hydrogens (primary N) is 1. The van der Waals surface area contributed by atoms with Gasteiger partial charge in [-0.05, 0) is 37.0 Å². The number of nitrogens with zero attached hydrogens (tertiary/aromatic N) is 1. The summed E-state index contributed by atoms with van der Waals surface area (Å²) in [6, 6.07) is 6.55. The highest BCUT2D eigenvalue weighted by Gasteiger charge is 2.25. The average molecular weight is 297 g/mol. The van der Waals surface area contributed by atoms with Gasteiger partial charge >= 0.3 is 0 Å². The average Bonchev–Trinajstić information content (AvgIpc) is 2.38. The van der Waals surface area contributed by atoms with Crippen LogP contribution in [0.5, 0.6) is 0 Å². The summed E-state index contributed by atoms with van der Waals surface area (Å²) in [7, 11) is 2.15. The van der Waals surface area contributed by atoms with Crippen LogP contribution in [-0.4, -0.2) is 18.1 Å². The molecule has 19 heavy (non-hydrogen) atoms. The number of anilines is 1. The van der Waals surface area contributed by atoms with E-state index in [2.05, 4.69) is 24.9 Å². The largest absolute Gasteiger partial charge is 0.389 e. The van der Waals surface area contributed by atoms with Crippen molar-refractivity contribution in [1.82, 2.24) is 0 Å². The Labute approximate surface area is 125 Å². The molecule has 2 atom stereocenters. The first-order valence-electron chi connectivity index (χ1n) is 6.83. The highest BCUT2D eigenvalue weighted by Crippen LogP contribution is 2.32. The number of hydrogen-bond donors (Lipinski definition) is 1. The molecule has 2 nitrogen and oxygen atoms in total. The van der Waals surface area contributed by atoms with Gasteiger partial charge in [-0.15, -0.1) is 0 Å². The van der Waals surface area contributed by atoms with Gasteiger partial charge in [-0.3, -0.25) is 0 Å². The molecule has 1 saturated carbocycles. The first kappa shape index (κ1) is 14.6. The van der Waals surface area contributed by atoms with Gasteiger partial charge in [0.2, 0.25) is 0 Å². The normalized spacial score (nSPS) is 23.1. The van der Waals surface area contributed by atoms with Crippen LogP contribution in [0.25, 0.3) is 0 Å². The summed E-state index contributed by atoms with van der Waals surface area (Å²) in [6.07, 6.45) is 5.24. The lowest BCUT2D eigenvalue weighted by molar-refractivity contribution is 0.321. The Morgan fingerprint density at radius 2 is 2.05 bits per heavy atom. The molecule has 0 aromatic heterocycles. The van der Waals surface area contributed by atoms with Crippen LogP contribution in [0.1, 0.15) is 38.2 Å². The molecule has 1 aliphatic rings. The maximum Gasteiger partial charge on any atom is 0.105 e. The third-order valence-corrected chi connectivity index (χ3v) is 4.72. The molecule has 2 unspecified atom stereocenters. The molecule has 2 N–H and O–H groups in total. The third-order valence-electron chi connectivity index (χ3n) is 4.19. The molecule has 104 valence electrons. The van der Waals surface area contributed by atoms with Crippen LogP contribution in [0, 0.1) is 5.92 Å². The van der Waals surface area contributed by atoms with E-state index in [9.17, 15) is 0 Å². The Bertz CT molecular complexity index is 475. The second-order valence-electron chi connectivity index (χ2n) is 5.47. The lowest BCUT2D eigenvalue weighted by Crippen LogP contribution is -2.39. The summed E-state index contributed by atoms with van der Waals surface area (Å²) < 4.78 is 0. The maximum absolute atomic E-state index is 6.25. The molecule has 4 heteroatoms. The molecule has 0 heterocycles. The van der Waals surface area contributed by atoms with Gasteiger partial charge in [-0.25, -0.2) is 0 Å². The van der Waals surface area contributed by atoms with E-state index in [1.54, 1.807) is 0 Å². The molecule has 0 amide bonds. The summed E-state index contributed by atoms with van der Waals surface area (Å²) in [6.45, 7) is 2.34. The van der Waals surface area contributed by atoms with Crippen molar-refractivity contribution in [3.05, 3.63) is 28.8 Å². The van der Waals surface area contributed by atoms with Gasteiger partial charge in [-0.1, -0.05) is 43.6 Å². The fourth-order valence-electron chi connectivity index (χ4n) is 2.99. The van der Waals surface area contributed by atoms with Crippen molar-refractivity contribution in [2.24, 2.45) is 11.7 Å². The quantitative estimate of drug-likeness (QED) is 0.855. The van der Waals surface area contributed by atoms with Crippen molar-refractivity contribution in [3.8, 4) is 0 Å². The molecule has 1 fully saturated rings. The molecule has 0 bridgehead atoms. The van der Waals surface area contributed by atoms with Crippen molar-refractivity contribution in [1.29, 1.82) is 0 Å². The highest BCUT2D eigenvalue weighted by atomic mass is 35.5. The van der Waals surface area contributed by atoms with E-state index in [4.69, 9.17) is 29.6 Å². The molecule has 0 saturated heterocycles. The zero-order chi connectivity index (χ0) is 14.0. The lowest BCUT2D eigenvalue weighted by Gasteiger charge is -2.37. The van der Waals surface area contributed by atoms with Crippen LogP contribution in [0.2, 0.25) is 5.02 Å². The van der Waals surface area contributed by atoms with Gasteiger partial charge in [0.1, 0.15) is 4.99 Å². The molecule has 1 aromatic rings. The second kappa shape index (κ2) is 6.10. The molecule has 0 spiro atoms. The van der Waals surface area contributed by atoms with Crippen LogP contribution >= 0.6 is 23.8 Å². The predicted molar refractivity (Wildman–Crippen MR) is 87.2 cm³/mol. The fraction of sp³-hybridized carbons (Fsp3) is 0.533. The minimum absolute atomic E-state index is 0.352. The van der Waals surface area contributed by atoms with Crippen molar-refractivity contribution >= 4 is 34.5 Å². The molecular formula is C15H21ClN2S. The monoisotopic (exact) mass is 296 g/mol. The SMILES string of the molecule is CC1CCCCC1N(C)c1ccc(C(N)=S)c(Cl)c1. The number of rotatable bonds is 3. The Hall–Kier alpha value is -0.800. The van der Waals surface area contributed by atoms with Crippen LogP contribution in [0.4, 0.5) is 5.69 Å². The van der Waals surface area contributed by atoms with Gasteiger partial charge in [0.25, 0.3) is 0 Å². The molecule has 2 rings (SSSR count). The first-order chi connectivity index (χ1) is 9.00. The van der Waals surface area contributed by atoms with Crippen LogP contribution in [0.15, 0.2) is 18.2 Å². The minimum atomic E-state index is 0.352. The smallest absolute Gasteiger partial charge is 0.105 e. The number of halogens is 1. The second-order valence-corrected chi connectivity index (χ2v) is 6.32. The molecule has 1 aliphatic carbocycles. The van der Waals surface area contributed by atoms with Gasteiger partial charge in [-0.2, -0.15) is 0 Å². The summed E-state index contributed by atoms with van der Waals surface area (Å²) in [5.41, 5.74) is 7.54. The number of thiocarbonyl (C=S) groups is 1. The Kier molecular flexibility index (Phi) is 4.69. The van der Waals surface area contributed by atoms with Crippen molar-refractivity contribution in [2.75, 3.05) is 11.9 Å².